The van der Waals surface area contributed by atoms with Crippen LogP contribution < -0.4 is 0 Å². The van der Waals surface area contributed by atoms with Crippen LogP contribution in [0.15, 0.2) is 29.2 Å². The molecule has 0 aliphatic carbocycles. The number of halogens is 1. The molecule has 2 nitrogen and oxygen atoms in total. The first-order chi connectivity index (χ1) is 9.15. The highest BCUT2D eigenvalue weighted by Crippen LogP contribution is 2.27. The average molecular weight is 300 g/mol. The molecule has 1 saturated heterocycles. The van der Waals surface area contributed by atoms with Crippen LogP contribution in [-0.4, -0.2) is 42.5 Å². The Hall–Kier alpha value is -0.220. The van der Waals surface area contributed by atoms with E-state index in [4.69, 9.17) is 16.3 Å². The van der Waals surface area contributed by atoms with Gasteiger partial charge in [-0.05, 0) is 44.7 Å². The topological polar surface area (TPSA) is 12.5 Å². The van der Waals surface area contributed by atoms with Crippen molar-refractivity contribution in [1.29, 1.82) is 0 Å². The van der Waals surface area contributed by atoms with Crippen molar-refractivity contribution in [3.8, 4) is 0 Å². The molecule has 1 aliphatic rings. The van der Waals surface area contributed by atoms with Gasteiger partial charge in [0, 0.05) is 18.0 Å². The fourth-order valence-electron chi connectivity index (χ4n) is 2.50. The van der Waals surface area contributed by atoms with E-state index in [1.165, 1.54) is 11.3 Å². The Morgan fingerprint density at radius 2 is 1.95 bits per heavy atom. The Morgan fingerprint density at radius 1 is 1.26 bits per heavy atom. The van der Waals surface area contributed by atoms with Gasteiger partial charge in [-0.15, -0.1) is 11.8 Å². The fourth-order valence-corrected chi connectivity index (χ4v) is 3.67. The van der Waals surface area contributed by atoms with Crippen molar-refractivity contribution >= 4 is 23.4 Å². The number of benzene rings is 1. The first kappa shape index (κ1) is 15.2. The number of hydrogen-bond acceptors (Lipinski definition) is 3. The predicted octanol–water partition coefficient (Wildman–Crippen LogP) is 3.93. The van der Waals surface area contributed by atoms with Crippen LogP contribution in [0.3, 0.4) is 0 Å². The van der Waals surface area contributed by atoms with Gasteiger partial charge in [0.2, 0.25) is 0 Å². The van der Waals surface area contributed by atoms with Crippen LogP contribution in [0, 0.1) is 0 Å². The maximum absolute atomic E-state index is 6.14. The molecule has 1 fully saturated rings. The Kier molecular flexibility index (Phi) is 6.02. The minimum atomic E-state index is 0.361. The van der Waals surface area contributed by atoms with Gasteiger partial charge in [0.1, 0.15) is 0 Å². The smallest absolute Gasteiger partial charge is 0.0678 e. The highest BCUT2D eigenvalue weighted by molar-refractivity contribution is 7.99. The van der Waals surface area contributed by atoms with Gasteiger partial charge in [0.05, 0.1) is 17.2 Å². The van der Waals surface area contributed by atoms with E-state index in [0.717, 1.165) is 30.4 Å². The third kappa shape index (κ3) is 4.99. The summed E-state index contributed by atoms with van der Waals surface area (Å²) in [6.45, 7) is 7.57. The van der Waals surface area contributed by atoms with Gasteiger partial charge in [0.15, 0.2) is 0 Å². The van der Waals surface area contributed by atoms with Crippen molar-refractivity contribution in [2.45, 2.75) is 37.4 Å². The quantitative estimate of drug-likeness (QED) is 0.604. The lowest BCUT2D eigenvalue weighted by atomic mass is 10.2. The zero-order valence-corrected chi connectivity index (χ0v) is 13.2. The van der Waals surface area contributed by atoms with Crippen LogP contribution >= 0.6 is 23.4 Å². The molecule has 0 bridgehead atoms. The number of thioether (sulfide) groups is 1. The Labute approximate surface area is 125 Å². The summed E-state index contributed by atoms with van der Waals surface area (Å²) in [5.74, 6) is 1.11. The zero-order valence-electron chi connectivity index (χ0n) is 11.6. The molecule has 0 aromatic heterocycles. The molecule has 4 heteroatoms. The summed E-state index contributed by atoms with van der Waals surface area (Å²) in [6, 6.07) is 8.06. The average Bonchev–Trinajstić information content (AvgIpc) is 2.35. The van der Waals surface area contributed by atoms with E-state index < -0.39 is 0 Å². The molecule has 1 aromatic carbocycles. The first-order valence-electron chi connectivity index (χ1n) is 6.90. The summed E-state index contributed by atoms with van der Waals surface area (Å²) >= 11 is 7.99. The maximum atomic E-state index is 6.14. The lowest BCUT2D eigenvalue weighted by Crippen LogP contribution is -2.45. The van der Waals surface area contributed by atoms with E-state index in [2.05, 4.69) is 24.8 Å². The molecule has 0 amide bonds. The summed E-state index contributed by atoms with van der Waals surface area (Å²) in [6.07, 6.45) is 1.91. The van der Waals surface area contributed by atoms with Gasteiger partial charge >= 0.3 is 0 Å². The number of morpholine rings is 1. The van der Waals surface area contributed by atoms with Crippen LogP contribution in [-0.2, 0) is 4.74 Å². The van der Waals surface area contributed by atoms with Crippen LogP contribution in [0.1, 0.15) is 20.3 Å². The highest BCUT2D eigenvalue weighted by atomic mass is 35.5. The van der Waals surface area contributed by atoms with Gasteiger partial charge in [-0.25, -0.2) is 0 Å². The van der Waals surface area contributed by atoms with Crippen molar-refractivity contribution < 1.29 is 4.74 Å². The highest BCUT2D eigenvalue weighted by Gasteiger charge is 2.21. The van der Waals surface area contributed by atoms with E-state index in [0.29, 0.717) is 12.2 Å². The monoisotopic (exact) mass is 299 g/mol. The fraction of sp³-hybridized carbons (Fsp3) is 0.600. The molecular weight excluding hydrogens is 278 g/mol. The van der Waals surface area contributed by atoms with Gasteiger partial charge < -0.3 is 4.74 Å². The number of hydrogen-bond donors (Lipinski definition) is 0. The normalized spacial score (nSPS) is 24.6. The number of ether oxygens (including phenoxy) is 1. The minimum absolute atomic E-state index is 0.361. The summed E-state index contributed by atoms with van der Waals surface area (Å²) in [5.41, 5.74) is 0. The molecule has 0 saturated carbocycles. The molecule has 106 valence electrons. The molecule has 1 aliphatic heterocycles. The van der Waals surface area contributed by atoms with Crippen LogP contribution in [0.4, 0.5) is 0 Å². The van der Waals surface area contributed by atoms with Crippen LogP contribution in [0.2, 0.25) is 5.02 Å². The third-order valence-electron chi connectivity index (χ3n) is 3.21. The van der Waals surface area contributed by atoms with E-state index >= 15 is 0 Å². The van der Waals surface area contributed by atoms with Crippen molar-refractivity contribution in [1.82, 2.24) is 4.90 Å². The van der Waals surface area contributed by atoms with Crippen molar-refractivity contribution in [2.24, 2.45) is 0 Å². The zero-order chi connectivity index (χ0) is 13.7. The minimum Gasteiger partial charge on any atom is -0.373 e. The van der Waals surface area contributed by atoms with Gasteiger partial charge in [-0.1, -0.05) is 23.7 Å². The van der Waals surface area contributed by atoms with E-state index in [9.17, 15) is 0 Å². The molecular formula is C15H22ClNOS. The van der Waals surface area contributed by atoms with Crippen molar-refractivity contribution in [3.63, 3.8) is 0 Å². The van der Waals surface area contributed by atoms with Gasteiger partial charge in [-0.3, -0.25) is 4.90 Å². The first-order valence-corrected chi connectivity index (χ1v) is 8.26. The third-order valence-corrected chi connectivity index (χ3v) is 4.81. The largest absolute Gasteiger partial charge is 0.373 e. The lowest BCUT2D eigenvalue weighted by Gasteiger charge is -2.35. The molecule has 1 aromatic rings. The van der Waals surface area contributed by atoms with Crippen LogP contribution in [0.5, 0.6) is 0 Å². The number of nitrogens with zero attached hydrogens (tertiary/aromatic N) is 1. The Morgan fingerprint density at radius 3 is 2.63 bits per heavy atom. The Balaban J connectivity index is 1.68. The number of rotatable bonds is 5. The van der Waals surface area contributed by atoms with Crippen molar-refractivity contribution in [2.75, 3.05) is 25.4 Å². The van der Waals surface area contributed by atoms with Gasteiger partial charge in [0.25, 0.3) is 0 Å². The second-order valence-electron chi connectivity index (χ2n) is 5.15. The summed E-state index contributed by atoms with van der Waals surface area (Å²) in [4.78, 5) is 3.69. The molecule has 0 N–H and O–H groups in total. The van der Waals surface area contributed by atoms with Crippen molar-refractivity contribution in [3.05, 3.63) is 29.3 Å². The molecule has 2 atom stereocenters. The second-order valence-corrected chi connectivity index (χ2v) is 6.69. The summed E-state index contributed by atoms with van der Waals surface area (Å²) in [7, 11) is 0. The molecule has 2 unspecified atom stereocenters. The standard InChI is InChI=1S/C15H22ClNOS/c1-12-10-17(11-13(2)18-12)8-5-9-19-15-7-4-3-6-14(15)16/h3-4,6-7,12-13H,5,8-11H2,1-2H3. The lowest BCUT2D eigenvalue weighted by molar-refractivity contribution is -0.0677. The summed E-state index contributed by atoms with van der Waals surface area (Å²) in [5, 5.41) is 0.862. The molecule has 1 heterocycles. The molecule has 19 heavy (non-hydrogen) atoms. The maximum Gasteiger partial charge on any atom is 0.0678 e. The van der Waals surface area contributed by atoms with E-state index in [1.54, 1.807) is 0 Å². The van der Waals surface area contributed by atoms with Gasteiger partial charge in [-0.2, -0.15) is 0 Å². The SMILES string of the molecule is CC1CN(CCCSc2ccccc2Cl)CC(C)O1. The predicted molar refractivity (Wildman–Crippen MR) is 83.2 cm³/mol. The second kappa shape index (κ2) is 7.53. The molecule has 2 rings (SSSR count). The molecule has 0 spiro atoms. The molecule has 0 radical (unpaired) electrons. The Bertz CT molecular complexity index is 391. The van der Waals surface area contributed by atoms with E-state index in [-0.39, 0.29) is 0 Å². The van der Waals surface area contributed by atoms with E-state index in [1.807, 2.05) is 30.0 Å². The summed E-state index contributed by atoms with van der Waals surface area (Å²) < 4.78 is 5.74. The van der Waals surface area contributed by atoms with Crippen LogP contribution in [0.25, 0.3) is 0 Å².